The van der Waals surface area contributed by atoms with Gasteiger partial charge in [-0.3, -0.25) is 4.79 Å². The first-order chi connectivity index (χ1) is 15.8. The van der Waals surface area contributed by atoms with E-state index in [9.17, 15) is 17.6 Å². The van der Waals surface area contributed by atoms with Gasteiger partial charge in [0.1, 0.15) is 22.8 Å². The zero-order chi connectivity index (χ0) is 23.6. The minimum atomic E-state index is -3.59. The smallest absolute Gasteiger partial charge is 0.261 e. The fraction of sp³-hybridized carbons (Fsp3) is 0.304. The first kappa shape index (κ1) is 23.4. The molecule has 33 heavy (non-hydrogen) atoms. The maximum absolute atomic E-state index is 14.4. The second-order valence-electron chi connectivity index (χ2n) is 7.86. The van der Waals surface area contributed by atoms with Gasteiger partial charge in [0.2, 0.25) is 10.0 Å². The molecule has 0 bridgehead atoms. The van der Waals surface area contributed by atoms with Crippen LogP contribution in [0.1, 0.15) is 41.8 Å². The van der Waals surface area contributed by atoms with E-state index in [4.69, 9.17) is 16.1 Å². The maximum Gasteiger partial charge on any atom is 0.261 e. The summed E-state index contributed by atoms with van der Waals surface area (Å²) in [5.41, 5.74) is 0.387. The van der Waals surface area contributed by atoms with Gasteiger partial charge >= 0.3 is 0 Å². The van der Waals surface area contributed by atoms with Crippen molar-refractivity contribution in [3.63, 3.8) is 0 Å². The molecule has 3 aromatic rings. The molecular weight excluding hydrogens is 469 g/mol. The number of carbonyl (C=O) groups excluding carboxylic acids is 1. The van der Waals surface area contributed by atoms with Gasteiger partial charge in [-0.1, -0.05) is 35.7 Å². The van der Waals surface area contributed by atoms with Crippen LogP contribution in [0.5, 0.6) is 0 Å². The summed E-state index contributed by atoms with van der Waals surface area (Å²) in [6.45, 7) is 2.56. The second kappa shape index (κ2) is 9.62. The molecule has 0 radical (unpaired) electrons. The van der Waals surface area contributed by atoms with E-state index in [0.717, 1.165) is 25.7 Å². The molecule has 1 aliphatic rings. The molecule has 0 atom stereocenters. The average molecular weight is 492 g/mol. The van der Waals surface area contributed by atoms with E-state index >= 15 is 0 Å². The molecule has 1 aliphatic heterocycles. The zero-order valence-electron chi connectivity index (χ0n) is 18.0. The number of aromatic nitrogens is 1. The van der Waals surface area contributed by atoms with Gasteiger partial charge in [0.05, 0.1) is 15.5 Å². The SMILES string of the molecule is Cc1onc(-c2c(F)cccc2Cl)c1C(=O)Nc1ccc(S(=O)(=O)N2CCCCCC2)cc1. The van der Waals surface area contributed by atoms with Gasteiger partial charge in [-0.2, -0.15) is 4.31 Å². The fourth-order valence-electron chi connectivity index (χ4n) is 3.87. The third-order valence-electron chi connectivity index (χ3n) is 5.60. The highest BCUT2D eigenvalue weighted by Gasteiger charge is 2.27. The molecule has 2 aromatic carbocycles. The second-order valence-corrected chi connectivity index (χ2v) is 10.2. The lowest BCUT2D eigenvalue weighted by Gasteiger charge is -2.20. The molecule has 7 nitrogen and oxygen atoms in total. The molecule has 1 amide bonds. The number of rotatable bonds is 5. The Hall–Kier alpha value is -2.75. The van der Waals surface area contributed by atoms with E-state index in [1.54, 1.807) is 0 Å². The van der Waals surface area contributed by atoms with Crippen LogP contribution in [-0.2, 0) is 10.0 Å². The lowest BCUT2D eigenvalue weighted by molar-refractivity contribution is 0.102. The molecule has 1 fully saturated rings. The van der Waals surface area contributed by atoms with Crippen LogP contribution in [0.15, 0.2) is 51.9 Å². The largest absolute Gasteiger partial charge is 0.360 e. The number of nitrogens with one attached hydrogen (secondary N) is 1. The number of benzene rings is 2. The van der Waals surface area contributed by atoms with Crippen LogP contribution in [0.25, 0.3) is 11.3 Å². The Morgan fingerprint density at radius 3 is 2.39 bits per heavy atom. The number of carbonyl (C=O) groups is 1. The quantitative estimate of drug-likeness (QED) is 0.525. The molecule has 4 rings (SSSR count). The Bertz CT molecular complexity index is 1250. The number of nitrogens with zero attached hydrogens (tertiary/aromatic N) is 2. The van der Waals surface area contributed by atoms with Gasteiger partial charge in [0, 0.05) is 18.8 Å². The van der Waals surface area contributed by atoms with Crippen molar-refractivity contribution in [3.05, 3.63) is 64.6 Å². The Labute approximate surface area is 196 Å². The average Bonchev–Trinajstić information content (AvgIpc) is 2.98. The summed E-state index contributed by atoms with van der Waals surface area (Å²) in [5.74, 6) is -1.01. The van der Waals surface area contributed by atoms with Crippen molar-refractivity contribution in [2.45, 2.75) is 37.5 Å². The van der Waals surface area contributed by atoms with E-state index in [2.05, 4.69) is 10.5 Å². The number of hydrogen-bond acceptors (Lipinski definition) is 5. The zero-order valence-corrected chi connectivity index (χ0v) is 19.5. The van der Waals surface area contributed by atoms with Gasteiger partial charge in [-0.25, -0.2) is 12.8 Å². The predicted octanol–water partition coefficient (Wildman–Crippen LogP) is 5.26. The summed E-state index contributed by atoms with van der Waals surface area (Å²) in [7, 11) is -3.59. The summed E-state index contributed by atoms with van der Waals surface area (Å²) in [6, 6.07) is 10.1. The van der Waals surface area contributed by atoms with E-state index in [-0.39, 0.29) is 32.5 Å². The summed E-state index contributed by atoms with van der Waals surface area (Å²) >= 11 is 6.13. The Kier molecular flexibility index (Phi) is 6.83. The number of sulfonamides is 1. The summed E-state index contributed by atoms with van der Waals surface area (Å²) < 4.78 is 46.9. The molecular formula is C23H23ClFN3O4S. The van der Waals surface area contributed by atoms with Crippen molar-refractivity contribution < 1.29 is 22.1 Å². The van der Waals surface area contributed by atoms with Crippen LogP contribution in [0.4, 0.5) is 10.1 Å². The Morgan fingerprint density at radius 2 is 1.76 bits per heavy atom. The molecule has 174 valence electrons. The molecule has 10 heteroatoms. The molecule has 1 N–H and O–H groups in total. The first-order valence-electron chi connectivity index (χ1n) is 10.6. The van der Waals surface area contributed by atoms with Gasteiger partial charge < -0.3 is 9.84 Å². The van der Waals surface area contributed by atoms with Crippen LogP contribution in [0.2, 0.25) is 5.02 Å². The van der Waals surface area contributed by atoms with Crippen molar-refractivity contribution in [2.24, 2.45) is 0 Å². The van der Waals surface area contributed by atoms with E-state index in [0.29, 0.717) is 18.8 Å². The number of anilines is 1. The standard InChI is InChI=1S/C23H23ClFN3O4S/c1-15-20(22(27-32-15)21-18(24)7-6-8-19(21)25)23(29)26-16-9-11-17(12-10-16)33(30,31)28-13-4-2-3-5-14-28/h6-12H,2-5,13-14H2,1H3,(H,26,29). The highest BCUT2D eigenvalue weighted by molar-refractivity contribution is 7.89. The number of halogens is 2. The minimum Gasteiger partial charge on any atom is -0.360 e. The Balaban J connectivity index is 1.56. The molecule has 2 heterocycles. The highest BCUT2D eigenvalue weighted by atomic mass is 35.5. The van der Waals surface area contributed by atoms with E-state index in [1.165, 1.54) is 53.7 Å². The molecule has 1 aromatic heterocycles. The van der Waals surface area contributed by atoms with Crippen LogP contribution < -0.4 is 5.32 Å². The van der Waals surface area contributed by atoms with Crippen molar-refractivity contribution in [2.75, 3.05) is 18.4 Å². The van der Waals surface area contributed by atoms with Crippen LogP contribution in [0, 0.1) is 12.7 Å². The topological polar surface area (TPSA) is 92.5 Å². The summed E-state index contributed by atoms with van der Waals surface area (Å²) in [4.78, 5) is 13.1. The lowest BCUT2D eigenvalue weighted by atomic mass is 10.0. The molecule has 0 saturated carbocycles. The van der Waals surface area contributed by atoms with E-state index < -0.39 is 21.7 Å². The molecule has 1 saturated heterocycles. The fourth-order valence-corrected chi connectivity index (χ4v) is 5.64. The van der Waals surface area contributed by atoms with Gasteiger partial charge in [-0.15, -0.1) is 0 Å². The third kappa shape index (κ3) is 4.80. The third-order valence-corrected chi connectivity index (χ3v) is 7.83. The molecule has 0 spiro atoms. The monoisotopic (exact) mass is 491 g/mol. The normalized spacial score (nSPS) is 15.2. The van der Waals surface area contributed by atoms with Crippen LogP contribution in [-0.4, -0.2) is 36.9 Å². The van der Waals surface area contributed by atoms with Gasteiger partial charge in [0.15, 0.2) is 0 Å². The lowest BCUT2D eigenvalue weighted by Crippen LogP contribution is -2.31. The number of amides is 1. The van der Waals surface area contributed by atoms with Crippen LogP contribution >= 0.6 is 11.6 Å². The maximum atomic E-state index is 14.4. The first-order valence-corrected chi connectivity index (χ1v) is 12.4. The predicted molar refractivity (Wildman–Crippen MR) is 123 cm³/mol. The number of aryl methyl sites for hydroxylation is 1. The van der Waals surface area contributed by atoms with Crippen LogP contribution in [0.3, 0.4) is 0 Å². The van der Waals surface area contributed by atoms with Crippen molar-refractivity contribution in [1.29, 1.82) is 0 Å². The van der Waals surface area contributed by atoms with E-state index in [1.807, 2.05) is 0 Å². The number of hydrogen-bond donors (Lipinski definition) is 1. The molecule has 0 aliphatic carbocycles. The summed E-state index contributed by atoms with van der Waals surface area (Å²) in [5, 5.41) is 6.62. The van der Waals surface area contributed by atoms with Crippen molar-refractivity contribution in [1.82, 2.24) is 9.46 Å². The van der Waals surface area contributed by atoms with Gasteiger partial charge in [-0.05, 0) is 56.2 Å². The molecule has 0 unspecified atom stereocenters. The van der Waals surface area contributed by atoms with Crippen molar-refractivity contribution >= 4 is 33.2 Å². The summed E-state index contributed by atoms with van der Waals surface area (Å²) in [6.07, 6.45) is 3.75. The Morgan fingerprint density at radius 1 is 1.09 bits per heavy atom. The van der Waals surface area contributed by atoms with Gasteiger partial charge in [0.25, 0.3) is 5.91 Å². The van der Waals surface area contributed by atoms with Crippen molar-refractivity contribution in [3.8, 4) is 11.3 Å². The minimum absolute atomic E-state index is 0.00605. The highest BCUT2D eigenvalue weighted by Crippen LogP contribution is 2.34.